The number of likely N-dealkylation sites (tertiary alicyclic amines) is 2. The molecule has 3 saturated heterocycles. The monoisotopic (exact) mass is 322 g/mol. The second-order valence-corrected chi connectivity index (χ2v) is 10.8. The van der Waals surface area contributed by atoms with Gasteiger partial charge in [0.1, 0.15) is 0 Å². The summed E-state index contributed by atoms with van der Waals surface area (Å²) in [5.74, 6) is 0.992. The van der Waals surface area contributed by atoms with Gasteiger partial charge in [-0.05, 0) is 63.8 Å². The van der Waals surface area contributed by atoms with Crippen molar-refractivity contribution in [2.45, 2.75) is 78.5 Å². The highest BCUT2D eigenvalue weighted by Gasteiger charge is 2.53. The summed E-state index contributed by atoms with van der Waals surface area (Å²) >= 11 is 0. The Labute approximate surface area is 143 Å². The average Bonchev–Trinajstić information content (AvgIpc) is 2.92. The lowest BCUT2D eigenvalue weighted by Crippen LogP contribution is -2.62. The van der Waals surface area contributed by atoms with E-state index in [1.54, 1.807) is 0 Å². The van der Waals surface area contributed by atoms with Crippen molar-refractivity contribution in [1.82, 2.24) is 9.80 Å². The third kappa shape index (κ3) is 3.62. The Balaban J connectivity index is 0.000000136. The second-order valence-electron chi connectivity index (χ2n) is 10.8. The molecule has 3 aliphatic heterocycles. The highest BCUT2D eigenvalue weighted by atomic mass is 16.5. The number of ether oxygens (including phenoxy) is 1. The largest absolute Gasteiger partial charge is 0.375 e. The zero-order valence-electron chi connectivity index (χ0n) is 16.5. The van der Waals surface area contributed by atoms with Crippen molar-refractivity contribution in [2.24, 2.45) is 16.7 Å². The van der Waals surface area contributed by atoms with Crippen LogP contribution in [-0.2, 0) is 4.74 Å². The first-order valence-electron chi connectivity index (χ1n) is 9.55. The Hall–Kier alpha value is -0.120. The molecule has 134 valence electrons. The SMILES string of the molecule is CC(C)(C)N1C[C@H]2C[C@@H]1CO2.CN1CC2(CC(C(C)(C)C)C2)C1. The maximum Gasteiger partial charge on any atom is 0.0718 e. The first-order chi connectivity index (χ1) is 10.5. The van der Waals surface area contributed by atoms with Crippen LogP contribution in [0.25, 0.3) is 0 Å². The smallest absolute Gasteiger partial charge is 0.0718 e. The van der Waals surface area contributed by atoms with Gasteiger partial charge in [-0.15, -0.1) is 0 Å². The molecule has 23 heavy (non-hydrogen) atoms. The van der Waals surface area contributed by atoms with Crippen LogP contribution in [0.1, 0.15) is 60.8 Å². The van der Waals surface area contributed by atoms with Gasteiger partial charge in [0, 0.05) is 31.2 Å². The molecule has 0 aromatic heterocycles. The minimum absolute atomic E-state index is 0.337. The summed E-state index contributed by atoms with van der Waals surface area (Å²) in [5.41, 5.74) is 1.66. The second kappa shape index (κ2) is 5.71. The molecule has 3 heteroatoms. The van der Waals surface area contributed by atoms with E-state index < -0.39 is 0 Å². The molecule has 0 N–H and O–H groups in total. The van der Waals surface area contributed by atoms with Crippen LogP contribution in [-0.4, -0.2) is 60.8 Å². The lowest BCUT2D eigenvalue weighted by atomic mass is 9.52. The molecule has 0 amide bonds. The molecule has 1 saturated carbocycles. The molecule has 0 radical (unpaired) electrons. The van der Waals surface area contributed by atoms with Gasteiger partial charge in [-0.1, -0.05) is 20.8 Å². The summed E-state index contributed by atoms with van der Waals surface area (Å²) in [6.45, 7) is 18.8. The van der Waals surface area contributed by atoms with Crippen LogP contribution in [0.3, 0.4) is 0 Å². The van der Waals surface area contributed by atoms with Gasteiger partial charge in [-0.25, -0.2) is 0 Å². The van der Waals surface area contributed by atoms with Crippen LogP contribution in [0.2, 0.25) is 0 Å². The number of hydrogen-bond donors (Lipinski definition) is 0. The third-order valence-electron chi connectivity index (χ3n) is 6.56. The van der Waals surface area contributed by atoms with E-state index >= 15 is 0 Å². The number of hydrogen-bond acceptors (Lipinski definition) is 3. The van der Waals surface area contributed by atoms with Crippen molar-refractivity contribution in [1.29, 1.82) is 0 Å². The molecule has 2 bridgehead atoms. The Kier molecular flexibility index (Phi) is 4.39. The fourth-order valence-electron chi connectivity index (χ4n) is 5.18. The Morgan fingerprint density at radius 2 is 1.61 bits per heavy atom. The molecular weight excluding hydrogens is 284 g/mol. The van der Waals surface area contributed by atoms with Crippen LogP contribution < -0.4 is 0 Å². The van der Waals surface area contributed by atoms with Gasteiger partial charge in [0.25, 0.3) is 0 Å². The number of fused-ring (bicyclic) bond motifs is 2. The topological polar surface area (TPSA) is 15.7 Å². The quantitative estimate of drug-likeness (QED) is 0.677. The molecule has 3 nitrogen and oxygen atoms in total. The Morgan fingerprint density at radius 1 is 1.00 bits per heavy atom. The highest BCUT2D eigenvalue weighted by molar-refractivity contribution is 5.05. The van der Waals surface area contributed by atoms with E-state index in [0.29, 0.717) is 23.1 Å². The molecule has 4 fully saturated rings. The standard InChI is InChI=1S/C11H21N.C9H17NO/c1-10(2,3)9-5-11(6-9)7-12(4)8-11;1-9(2,3)10-5-8-4-7(10)6-11-8/h9H,5-8H2,1-4H3;7-8H,4-6H2,1-3H3/t;7-,8-/m.1/s1. The third-order valence-corrected chi connectivity index (χ3v) is 6.56. The highest BCUT2D eigenvalue weighted by Crippen LogP contribution is 2.56. The zero-order valence-corrected chi connectivity index (χ0v) is 16.5. The summed E-state index contributed by atoms with van der Waals surface area (Å²) in [4.78, 5) is 5.01. The van der Waals surface area contributed by atoms with Crippen LogP contribution in [0, 0.1) is 16.7 Å². The molecule has 1 spiro atoms. The molecule has 1 aliphatic carbocycles. The van der Waals surface area contributed by atoms with Gasteiger partial charge in [0.2, 0.25) is 0 Å². The fourth-order valence-corrected chi connectivity index (χ4v) is 5.18. The van der Waals surface area contributed by atoms with Crippen molar-refractivity contribution in [3.05, 3.63) is 0 Å². The summed E-state index contributed by atoms with van der Waals surface area (Å²) < 4.78 is 5.54. The first kappa shape index (κ1) is 17.7. The predicted octanol–water partition coefficient (Wildman–Crippen LogP) is 3.63. The van der Waals surface area contributed by atoms with Crippen molar-refractivity contribution in [3.63, 3.8) is 0 Å². The van der Waals surface area contributed by atoms with Crippen LogP contribution in [0.4, 0.5) is 0 Å². The van der Waals surface area contributed by atoms with Crippen LogP contribution in [0.15, 0.2) is 0 Å². The normalized spacial score (nSPS) is 34.0. The van der Waals surface area contributed by atoms with Crippen molar-refractivity contribution < 1.29 is 4.74 Å². The van der Waals surface area contributed by atoms with E-state index in [1.807, 2.05) is 0 Å². The molecule has 0 unspecified atom stereocenters. The minimum Gasteiger partial charge on any atom is -0.375 e. The van der Waals surface area contributed by atoms with Crippen LogP contribution >= 0.6 is 0 Å². The zero-order chi connectivity index (χ0) is 17.0. The Morgan fingerprint density at radius 3 is 1.91 bits per heavy atom. The predicted molar refractivity (Wildman–Crippen MR) is 96.7 cm³/mol. The fraction of sp³-hybridized carbons (Fsp3) is 1.00. The molecule has 3 heterocycles. The van der Waals surface area contributed by atoms with Gasteiger partial charge in [-0.2, -0.15) is 0 Å². The van der Waals surface area contributed by atoms with Gasteiger partial charge in [0.05, 0.1) is 12.7 Å². The lowest BCUT2D eigenvalue weighted by molar-refractivity contribution is -0.112. The maximum atomic E-state index is 5.54. The molecule has 4 aliphatic rings. The van der Waals surface area contributed by atoms with E-state index in [4.69, 9.17) is 4.74 Å². The molecular formula is C20H38N2O. The molecule has 4 rings (SSSR count). The number of nitrogens with zero attached hydrogens (tertiary/aromatic N) is 2. The van der Waals surface area contributed by atoms with Crippen LogP contribution in [0.5, 0.6) is 0 Å². The van der Waals surface area contributed by atoms with E-state index in [2.05, 4.69) is 58.4 Å². The van der Waals surface area contributed by atoms with E-state index in [1.165, 1.54) is 32.4 Å². The Bertz CT molecular complexity index is 420. The van der Waals surface area contributed by atoms with Gasteiger partial charge in [-0.3, -0.25) is 4.90 Å². The molecule has 0 aromatic carbocycles. The summed E-state index contributed by atoms with van der Waals surface area (Å²) in [7, 11) is 2.23. The van der Waals surface area contributed by atoms with Gasteiger partial charge >= 0.3 is 0 Å². The van der Waals surface area contributed by atoms with E-state index in [9.17, 15) is 0 Å². The number of morpholine rings is 1. The van der Waals surface area contributed by atoms with Crippen molar-refractivity contribution >= 4 is 0 Å². The van der Waals surface area contributed by atoms with E-state index in [-0.39, 0.29) is 0 Å². The van der Waals surface area contributed by atoms with E-state index in [0.717, 1.165) is 24.5 Å². The summed E-state index contributed by atoms with van der Waals surface area (Å²) in [5, 5.41) is 0. The number of rotatable bonds is 0. The molecule has 2 atom stereocenters. The minimum atomic E-state index is 0.337. The van der Waals surface area contributed by atoms with Gasteiger partial charge < -0.3 is 9.64 Å². The summed E-state index contributed by atoms with van der Waals surface area (Å²) in [6.07, 6.45) is 4.78. The first-order valence-corrected chi connectivity index (χ1v) is 9.55. The lowest BCUT2D eigenvalue weighted by Gasteiger charge is -2.61. The van der Waals surface area contributed by atoms with Crippen molar-refractivity contribution in [2.75, 3.05) is 33.3 Å². The summed E-state index contributed by atoms with van der Waals surface area (Å²) in [6, 6.07) is 0.708. The van der Waals surface area contributed by atoms with Crippen molar-refractivity contribution in [3.8, 4) is 0 Å². The average molecular weight is 323 g/mol. The molecule has 0 aromatic rings. The maximum absolute atomic E-state index is 5.54. The van der Waals surface area contributed by atoms with Gasteiger partial charge in [0.15, 0.2) is 0 Å².